The molecule has 2 aromatic rings. The summed E-state index contributed by atoms with van der Waals surface area (Å²) in [6.45, 7) is 9.22. The smallest absolute Gasteiger partial charge is 0.253 e. The molecule has 1 fully saturated rings. The van der Waals surface area contributed by atoms with Crippen molar-refractivity contribution in [1.29, 1.82) is 0 Å². The van der Waals surface area contributed by atoms with Crippen LogP contribution in [0.25, 0.3) is 0 Å². The maximum atomic E-state index is 13.1. The Balaban J connectivity index is 1.76. The second-order valence-electron chi connectivity index (χ2n) is 9.01. The van der Waals surface area contributed by atoms with Crippen LogP contribution < -0.4 is 25.2 Å². The number of hydrogen-bond donors (Lipinski definition) is 2. The van der Waals surface area contributed by atoms with Gasteiger partial charge < -0.3 is 25.2 Å². The zero-order chi connectivity index (χ0) is 24.5. The van der Waals surface area contributed by atoms with Crippen molar-refractivity contribution < 1.29 is 14.3 Å². The summed E-state index contributed by atoms with van der Waals surface area (Å²) in [6.07, 6.45) is 3.48. The van der Waals surface area contributed by atoms with E-state index in [0.717, 1.165) is 62.6 Å². The Labute approximate surface area is 203 Å². The lowest BCUT2D eigenvalue weighted by molar-refractivity contribution is -0.116. The maximum Gasteiger partial charge on any atom is 0.253 e. The number of benzene rings is 2. The lowest BCUT2D eigenvalue weighted by Crippen LogP contribution is -2.47. The normalized spacial score (nSPS) is 13.7. The third-order valence-electron chi connectivity index (χ3n) is 6.00. The molecule has 0 atom stereocenters. The largest absolute Gasteiger partial charge is 0.495 e. The third-order valence-corrected chi connectivity index (χ3v) is 6.00. The average molecular weight is 467 g/mol. The quantitative estimate of drug-likeness (QED) is 0.498. The molecule has 1 aliphatic rings. The van der Waals surface area contributed by atoms with Gasteiger partial charge in [-0.2, -0.15) is 0 Å². The second kappa shape index (κ2) is 12.3. The summed E-state index contributed by atoms with van der Waals surface area (Å²) in [4.78, 5) is 29.9. The SMILES string of the molecule is CCCCCC(=O)Nc1ccc(N2CCN(c3ccccc3OC)CC2)c(C(=O)NC(C)C)c1. The van der Waals surface area contributed by atoms with E-state index in [1.54, 1.807) is 13.2 Å². The Kier molecular flexibility index (Phi) is 9.19. The van der Waals surface area contributed by atoms with Gasteiger partial charge in [-0.25, -0.2) is 0 Å². The molecule has 34 heavy (non-hydrogen) atoms. The fourth-order valence-electron chi connectivity index (χ4n) is 4.25. The third kappa shape index (κ3) is 6.65. The van der Waals surface area contributed by atoms with Crippen LogP contribution in [0, 0.1) is 0 Å². The topological polar surface area (TPSA) is 73.9 Å². The van der Waals surface area contributed by atoms with E-state index in [-0.39, 0.29) is 17.9 Å². The first-order chi connectivity index (χ1) is 16.4. The standard InChI is InChI=1S/C27H38N4O3/c1-5-6-7-12-26(32)29-21-13-14-23(22(19-21)27(33)28-20(2)3)30-15-17-31(18-16-30)24-10-8-9-11-25(24)34-4/h8-11,13-14,19-20H,5-7,12,15-18H2,1-4H3,(H,28,33)(H,29,32). The van der Waals surface area contributed by atoms with Gasteiger partial charge in [0.2, 0.25) is 5.91 Å². The van der Waals surface area contributed by atoms with E-state index in [4.69, 9.17) is 4.74 Å². The number of piperazine rings is 1. The lowest BCUT2D eigenvalue weighted by atomic mass is 10.1. The van der Waals surface area contributed by atoms with Crippen LogP contribution >= 0.6 is 0 Å². The molecule has 0 bridgehead atoms. The van der Waals surface area contributed by atoms with Crippen molar-refractivity contribution in [2.45, 2.75) is 52.5 Å². The number of hydrogen-bond acceptors (Lipinski definition) is 5. The van der Waals surface area contributed by atoms with Gasteiger partial charge in [0.25, 0.3) is 5.91 Å². The summed E-state index contributed by atoms with van der Waals surface area (Å²) >= 11 is 0. The molecule has 1 saturated heterocycles. The molecule has 0 aliphatic carbocycles. The van der Waals surface area contributed by atoms with Crippen molar-refractivity contribution >= 4 is 28.9 Å². The van der Waals surface area contributed by atoms with Crippen LogP contribution in [0.5, 0.6) is 5.75 Å². The minimum Gasteiger partial charge on any atom is -0.495 e. The predicted molar refractivity (Wildman–Crippen MR) is 139 cm³/mol. The maximum absolute atomic E-state index is 13.1. The van der Waals surface area contributed by atoms with Crippen LogP contribution in [0.2, 0.25) is 0 Å². The van der Waals surface area contributed by atoms with E-state index in [1.807, 2.05) is 44.2 Å². The van der Waals surface area contributed by atoms with Crippen LogP contribution in [0.1, 0.15) is 56.8 Å². The van der Waals surface area contributed by atoms with Gasteiger partial charge in [0.1, 0.15) is 5.75 Å². The minimum atomic E-state index is -0.126. The van der Waals surface area contributed by atoms with E-state index in [0.29, 0.717) is 17.7 Å². The van der Waals surface area contributed by atoms with Crippen molar-refractivity contribution in [3.63, 3.8) is 0 Å². The summed E-state index contributed by atoms with van der Waals surface area (Å²) in [6, 6.07) is 13.7. The average Bonchev–Trinajstić information content (AvgIpc) is 2.84. The first kappa shape index (κ1) is 25.4. The van der Waals surface area contributed by atoms with Gasteiger partial charge >= 0.3 is 0 Å². The number of carbonyl (C=O) groups is 2. The van der Waals surface area contributed by atoms with E-state index in [9.17, 15) is 9.59 Å². The second-order valence-corrected chi connectivity index (χ2v) is 9.01. The molecule has 1 heterocycles. The highest BCUT2D eigenvalue weighted by Gasteiger charge is 2.24. The number of para-hydroxylation sites is 2. The van der Waals surface area contributed by atoms with Crippen molar-refractivity contribution in [2.75, 3.05) is 48.4 Å². The fourth-order valence-corrected chi connectivity index (χ4v) is 4.25. The van der Waals surface area contributed by atoms with E-state index in [1.165, 1.54) is 0 Å². The van der Waals surface area contributed by atoms with Gasteiger partial charge in [-0.05, 0) is 50.6 Å². The van der Waals surface area contributed by atoms with Gasteiger partial charge in [0.05, 0.1) is 18.4 Å². The molecular formula is C27H38N4O3. The van der Waals surface area contributed by atoms with Crippen LogP contribution in [-0.2, 0) is 4.79 Å². The Morgan fingerprint density at radius 2 is 1.65 bits per heavy atom. The molecule has 7 nitrogen and oxygen atoms in total. The molecule has 7 heteroatoms. The van der Waals surface area contributed by atoms with Gasteiger partial charge in [-0.15, -0.1) is 0 Å². The number of nitrogens with zero attached hydrogens (tertiary/aromatic N) is 2. The molecule has 3 rings (SSSR count). The molecule has 0 saturated carbocycles. The van der Waals surface area contributed by atoms with Crippen molar-refractivity contribution in [1.82, 2.24) is 5.32 Å². The summed E-state index contributed by atoms with van der Waals surface area (Å²) in [5.41, 5.74) is 3.22. The Morgan fingerprint density at radius 3 is 2.29 bits per heavy atom. The first-order valence-electron chi connectivity index (χ1n) is 12.3. The number of methoxy groups -OCH3 is 1. The number of unbranched alkanes of at least 4 members (excludes halogenated alkanes) is 2. The van der Waals surface area contributed by atoms with Gasteiger partial charge in [-0.3, -0.25) is 9.59 Å². The number of ether oxygens (including phenoxy) is 1. The zero-order valence-corrected chi connectivity index (χ0v) is 20.9. The fraction of sp³-hybridized carbons (Fsp3) is 0.481. The van der Waals surface area contributed by atoms with Crippen molar-refractivity contribution in [2.24, 2.45) is 0 Å². The molecule has 0 unspecified atom stereocenters. The monoisotopic (exact) mass is 466 g/mol. The van der Waals surface area contributed by atoms with Crippen LogP contribution in [0.3, 0.4) is 0 Å². The summed E-state index contributed by atoms with van der Waals surface area (Å²) < 4.78 is 5.53. The molecule has 0 spiro atoms. The van der Waals surface area contributed by atoms with Gasteiger partial charge in [-0.1, -0.05) is 31.9 Å². The summed E-state index contributed by atoms with van der Waals surface area (Å²) in [7, 11) is 1.69. The number of carbonyl (C=O) groups excluding carboxylic acids is 2. The highest BCUT2D eigenvalue weighted by molar-refractivity contribution is 6.02. The lowest BCUT2D eigenvalue weighted by Gasteiger charge is -2.38. The summed E-state index contributed by atoms with van der Waals surface area (Å²) in [5, 5.41) is 5.97. The highest BCUT2D eigenvalue weighted by atomic mass is 16.5. The molecule has 184 valence electrons. The first-order valence-corrected chi connectivity index (χ1v) is 12.3. The Morgan fingerprint density at radius 1 is 0.971 bits per heavy atom. The van der Waals surface area contributed by atoms with Crippen LogP contribution in [0.4, 0.5) is 17.1 Å². The van der Waals surface area contributed by atoms with E-state index >= 15 is 0 Å². The molecule has 2 N–H and O–H groups in total. The van der Waals surface area contributed by atoms with Crippen LogP contribution in [0.15, 0.2) is 42.5 Å². The van der Waals surface area contributed by atoms with E-state index in [2.05, 4.69) is 33.4 Å². The summed E-state index contributed by atoms with van der Waals surface area (Å²) in [5.74, 6) is 0.730. The van der Waals surface area contributed by atoms with Crippen LogP contribution in [-0.4, -0.2) is 51.1 Å². The number of anilines is 3. The Hall–Kier alpha value is -3.22. The van der Waals surface area contributed by atoms with Crippen molar-refractivity contribution in [3.05, 3.63) is 48.0 Å². The molecule has 2 aromatic carbocycles. The van der Waals surface area contributed by atoms with Crippen molar-refractivity contribution in [3.8, 4) is 5.75 Å². The van der Waals surface area contributed by atoms with Gasteiger partial charge in [0, 0.05) is 50.0 Å². The number of amides is 2. The molecule has 1 aliphatic heterocycles. The molecule has 0 aromatic heterocycles. The molecule has 0 radical (unpaired) electrons. The number of rotatable bonds is 10. The highest BCUT2D eigenvalue weighted by Crippen LogP contribution is 2.31. The van der Waals surface area contributed by atoms with E-state index < -0.39 is 0 Å². The van der Waals surface area contributed by atoms with Gasteiger partial charge in [0.15, 0.2) is 0 Å². The minimum absolute atomic E-state index is 0.0122. The number of nitrogens with one attached hydrogen (secondary N) is 2. The predicted octanol–water partition coefficient (Wildman–Crippen LogP) is 4.68. The molecule has 2 amide bonds. The molecular weight excluding hydrogens is 428 g/mol. The Bertz CT molecular complexity index is 968. The zero-order valence-electron chi connectivity index (χ0n) is 20.9.